The van der Waals surface area contributed by atoms with Gasteiger partial charge in [0.25, 0.3) is 0 Å². The van der Waals surface area contributed by atoms with E-state index in [0.29, 0.717) is 11.6 Å². The van der Waals surface area contributed by atoms with Gasteiger partial charge in [-0.3, -0.25) is 0 Å². The van der Waals surface area contributed by atoms with Crippen molar-refractivity contribution in [3.63, 3.8) is 0 Å². The van der Waals surface area contributed by atoms with Crippen LogP contribution in [0.5, 0.6) is 0 Å². The lowest BCUT2D eigenvalue weighted by molar-refractivity contribution is -0.111. The predicted octanol–water partition coefficient (Wildman–Crippen LogP) is 4.29. The van der Waals surface area contributed by atoms with Crippen molar-refractivity contribution in [2.45, 2.75) is 38.6 Å². The summed E-state index contributed by atoms with van der Waals surface area (Å²) in [4.78, 5) is 14.8. The van der Waals surface area contributed by atoms with Crippen molar-refractivity contribution in [3.8, 4) is 0 Å². The molecule has 2 aromatic rings. The van der Waals surface area contributed by atoms with Crippen molar-refractivity contribution in [3.05, 3.63) is 41.4 Å². The fourth-order valence-electron chi connectivity index (χ4n) is 3.48. The molecule has 3 heteroatoms. The van der Waals surface area contributed by atoms with Crippen LogP contribution in [0.2, 0.25) is 0 Å². The van der Waals surface area contributed by atoms with E-state index in [1.54, 1.807) is 0 Å². The molecule has 0 spiro atoms. The largest absolute Gasteiger partial charge is 0.348 e. The van der Waals surface area contributed by atoms with Crippen molar-refractivity contribution >= 4 is 22.9 Å². The number of hydrogen-bond donors (Lipinski definition) is 0. The van der Waals surface area contributed by atoms with E-state index in [4.69, 9.17) is 6.57 Å². The summed E-state index contributed by atoms with van der Waals surface area (Å²) in [7, 11) is 0. The zero-order valence-electron chi connectivity index (χ0n) is 11.7. The number of hydrogen-bond acceptors (Lipinski definition) is 1. The molecule has 20 heavy (non-hydrogen) atoms. The molecule has 0 N–H and O–H groups in total. The van der Waals surface area contributed by atoms with E-state index in [1.165, 1.54) is 11.1 Å². The maximum atomic E-state index is 11.3. The number of rotatable bonds is 3. The molecule has 2 atom stereocenters. The molecule has 1 aromatic carbocycles. The third-order valence-corrected chi connectivity index (χ3v) is 4.51. The summed E-state index contributed by atoms with van der Waals surface area (Å²) in [5.74, 6) is 0.464. The maximum Gasteiger partial charge on any atom is 0.187 e. The Bertz CT molecular complexity index is 693. The van der Waals surface area contributed by atoms with Crippen LogP contribution in [0.15, 0.2) is 24.4 Å². The Hall–Kier alpha value is -2.08. The smallest absolute Gasteiger partial charge is 0.187 e. The highest BCUT2D eigenvalue weighted by Gasteiger charge is 2.30. The second kappa shape index (κ2) is 5.13. The van der Waals surface area contributed by atoms with Crippen molar-refractivity contribution in [1.29, 1.82) is 0 Å². The summed E-state index contributed by atoms with van der Waals surface area (Å²) in [5, 5.41) is 1.15. The topological polar surface area (TPSA) is 26.4 Å². The van der Waals surface area contributed by atoms with Gasteiger partial charge < -0.3 is 9.36 Å². The molecular formula is C17H18N2O. The first-order chi connectivity index (χ1) is 9.78. The lowest BCUT2D eigenvalue weighted by Crippen LogP contribution is -2.06. The van der Waals surface area contributed by atoms with Gasteiger partial charge in [-0.05, 0) is 48.8 Å². The molecule has 3 nitrogen and oxygen atoms in total. The molecule has 1 heterocycles. The molecule has 3 rings (SSSR count). The zero-order chi connectivity index (χ0) is 14.1. The van der Waals surface area contributed by atoms with E-state index in [-0.39, 0.29) is 5.92 Å². The average molecular weight is 266 g/mol. The number of nitrogens with zero attached hydrogens (tertiary/aromatic N) is 2. The summed E-state index contributed by atoms with van der Waals surface area (Å²) >= 11 is 0. The standard InChI is InChI=1S/C17H18N2O/c1-3-19-10-16(14-6-4-5-12(14)11-20)15-9-13(18-2)7-8-17(15)19/h7-12,14H,3-6H2,1H3. The van der Waals surface area contributed by atoms with Gasteiger partial charge in [-0.1, -0.05) is 12.5 Å². The van der Waals surface area contributed by atoms with Crippen LogP contribution in [-0.2, 0) is 11.3 Å². The zero-order valence-corrected chi connectivity index (χ0v) is 11.7. The molecule has 0 bridgehead atoms. The van der Waals surface area contributed by atoms with Crippen LogP contribution in [0, 0.1) is 12.5 Å². The number of benzene rings is 1. The number of carbonyl (C=O) groups is 1. The predicted molar refractivity (Wildman–Crippen MR) is 80.0 cm³/mol. The van der Waals surface area contributed by atoms with E-state index >= 15 is 0 Å². The fraction of sp³-hybridized carbons (Fsp3) is 0.412. The Balaban J connectivity index is 2.19. The first kappa shape index (κ1) is 12.9. The minimum atomic E-state index is 0.141. The number of aryl methyl sites for hydroxylation is 1. The first-order valence-electron chi connectivity index (χ1n) is 7.24. The Morgan fingerprint density at radius 3 is 3.00 bits per heavy atom. The Morgan fingerprint density at radius 1 is 1.45 bits per heavy atom. The van der Waals surface area contributed by atoms with Crippen molar-refractivity contribution < 1.29 is 4.79 Å². The van der Waals surface area contributed by atoms with Crippen LogP contribution >= 0.6 is 0 Å². The third kappa shape index (κ3) is 1.92. The molecule has 0 aliphatic heterocycles. The lowest BCUT2D eigenvalue weighted by atomic mass is 9.89. The van der Waals surface area contributed by atoms with Crippen LogP contribution in [0.1, 0.15) is 37.7 Å². The monoisotopic (exact) mass is 266 g/mol. The Kier molecular flexibility index (Phi) is 3.31. The molecule has 2 unspecified atom stereocenters. The molecule has 1 aromatic heterocycles. The highest BCUT2D eigenvalue weighted by Crippen LogP contribution is 2.42. The second-order valence-electron chi connectivity index (χ2n) is 5.52. The van der Waals surface area contributed by atoms with Crippen molar-refractivity contribution in [2.75, 3.05) is 0 Å². The normalized spacial score (nSPS) is 22.0. The maximum absolute atomic E-state index is 11.3. The minimum absolute atomic E-state index is 0.141. The van der Waals surface area contributed by atoms with E-state index in [2.05, 4.69) is 22.5 Å². The van der Waals surface area contributed by atoms with Gasteiger partial charge in [0, 0.05) is 24.2 Å². The molecule has 1 fully saturated rings. The molecule has 0 saturated heterocycles. The SMILES string of the molecule is [C-]#[N+]c1ccc2c(c1)c(C1CCCC1C=O)cn2CC. The molecule has 0 amide bonds. The van der Waals surface area contributed by atoms with E-state index in [0.717, 1.165) is 37.5 Å². The van der Waals surface area contributed by atoms with E-state index in [9.17, 15) is 4.79 Å². The first-order valence-corrected chi connectivity index (χ1v) is 7.24. The van der Waals surface area contributed by atoms with Gasteiger partial charge in [0.1, 0.15) is 6.29 Å². The molecule has 1 aliphatic rings. The highest BCUT2D eigenvalue weighted by molar-refractivity contribution is 5.88. The quantitative estimate of drug-likeness (QED) is 0.601. The van der Waals surface area contributed by atoms with Crippen LogP contribution in [0.4, 0.5) is 5.69 Å². The van der Waals surface area contributed by atoms with Crippen LogP contribution in [-0.4, -0.2) is 10.9 Å². The molecule has 1 saturated carbocycles. The van der Waals surface area contributed by atoms with E-state index < -0.39 is 0 Å². The number of carbonyl (C=O) groups excluding carboxylic acids is 1. The van der Waals surface area contributed by atoms with E-state index in [1.807, 2.05) is 18.2 Å². The summed E-state index contributed by atoms with van der Waals surface area (Å²) in [5.41, 5.74) is 3.10. The van der Waals surface area contributed by atoms with Crippen LogP contribution in [0.25, 0.3) is 15.7 Å². The molecule has 102 valence electrons. The summed E-state index contributed by atoms with van der Waals surface area (Å²) < 4.78 is 2.22. The lowest BCUT2D eigenvalue weighted by Gasteiger charge is -2.13. The molecule has 1 aliphatic carbocycles. The molecular weight excluding hydrogens is 248 g/mol. The summed E-state index contributed by atoms with van der Waals surface area (Å²) in [6, 6.07) is 5.88. The van der Waals surface area contributed by atoms with Gasteiger partial charge in [-0.15, -0.1) is 0 Å². The number of fused-ring (bicyclic) bond motifs is 1. The van der Waals surface area contributed by atoms with Crippen molar-refractivity contribution in [2.24, 2.45) is 5.92 Å². The fourth-order valence-corrected chi connectivity index (χ4v) is 3.48. The Morgan fingerprint density at radius 2 is 2.30 bits per heavy atom. The van der Waals surface area contributed by atoms with Gasteiger partial charge in [0.05, 0.1) is 6.57 Å². The number of aromatic nitrogens is 1. The average Bonchev–Trinajstić information content (AvgIpc) is 3.09. The third-order valence-electron chi connectivity index (χ3n) is 4.51. The van der Waals surface area contributed by atoms with Gasteiger partial charge >= 0.3 is 0 Å². The second-order valence-corrected chi connectivity index (χ2v) is 5.52. The summed E-state index contributed by atoms with van der Waals surface area (Å²) in [6.45, 7) is 10.2. The van der Waals surface area contributed by atoms with Crippen LogP contribution in [0.3, 0.4) is 0 Å². The Labute approximate surface area is 119 Å². The van der Waals surface area contributed by atoms with Gasteiger partial charge in [0.2, 0.25) is 0 Å². The molecule has 0 radical (unpaired) electrons. The number of aldehydes is 1. The van der Waals surface area contributed by atoms with Crippen LogP contribution < -0.4 is 0 Å². The van der Waals surface area contributed by atoms with Gasteiger partial charge in [-0.25, -0.2) is 4.85 Å². The minimum Gasteiger partial charge on any atom is -0.348 e. The highest BCUT2D eigenvalue weighted by atomic mass is 16.1. The van der Waals surface area contributed by atoms with Crippen molar-refractivity contribution in [1.82, 2.24) is 4.57 Å². The summed E-state index contributed by atoms with van der Waals surface area (Å²) in [6.07, 6.45) is 6.50. The van der Waals surface area contributed by atoms with Gasteiger partial charge in [-0.2, -0.15) is 0 Å². The van der Waals surface area contributed by atoms with Gasteiger partial charge in [0.15, 0.2) is 5.69 Å².